The molecule has 29 heavy (non-hydrogen) atoms. The van der Waals surface area contributed by atoms with Crippen molar-refractivity contribution < 1.29 is 0 Å². The summed E-state index contributed by atoms with van der Waals surface area (Å²) in [5.41, 5.74) is 7.59. The predicted octanol–water partition coefficient (Wildman–Crippen LogP) is 7.73. The van der Waals surface area contributed by atoms with Crippen LogP contribution in [0.1, 0.15) is 47.9 Å². The summed E-state index contributed by atoms with van der Waals surface area (Å²) in [4.78, 5) is 0. The molecule has 0 amide bonds. The summed E-state index contributed by atoms with van der Waals surface area (Å²) in [6.45, 7) is 4.54. The zero-order valence-electron chi connectivity index (χ0n) is 17.0. The van der Waals surface area contributed by atoms with Gasteiger partial charge in [0, 0.05) is 23.2 Å². The van der Waals surface area contributed by atoms with E-state index in [4.69, 9.17) is 0 Å². The average Bonchev–Trinajstić information content (AvgIpc) is 2.80. The summed E-state index contributed by atoms with van der Waals surface area (Å²) in [6, 6.07) is 38.7. The Balaban J connectivity index is 1.68. The van der Waals surface area contributed by atoms with Crippen molar-refractivity contribution in [1.82, 2.24) is 0 Å². The van der Waals surface area contributed by atoms with E-state index in [0.717, 1.165) is 11.4 Å². The molecule has 2 unspecified atom stereocenters. The molecule has 0 saturated heterocycles. The molecule has 0 bridgehead atoms. The van der Waals surface area contributed by atoms with Crippen LogP contribution in [0.5, 0.6) is 0 Å². The standard InChI is InChI=1S/C28H27N/c1-21(23-13-5-3-6-14-23)25-17-9-11-19-27(25)29-28-20-12-10-18-26(28)22(2)24-15-7-4-8-16-24/h3-22,29H,1-2H3. The second kappa shape index (κ2) is 8.79. The Morgan fingerprint density at radius 1 is 0.448 bits per heavy atom. The van der Waals surface area contributed by atoms with Gasteiger partial charge in [0.1, 0.15) is 0 Å². The first-order valence-electron chi connectivity index (χ1n) is 10.3. The molecule has 0 aliphatic carbocycles. The molecule has 1 heteroatoms. The van der Waals surface area contributed by atoms with Crippen molar-refractivity contribution >= 4 is 11.4 Å². The van der Waals surface area contributed by atoms with Crippen LogP contribution in [0.25, 0.3) is 0 Å². The van der Waals surface area contributed by atoms with Crippen molar-refractivity contribution in [1.29, 1.82) is 0 Å². The van der Waals surface area contributed by atoms with Gasteiger partial charge in [0.25, 0.3) is 0 Å². The monoisotopic (exact) mass is 377 g/mol. The van der Waals surface area contributed by atoms with E-state index in [0.29, 0.717) is 11.8 Å². The molecule has 4 aromatic carbocycles. The minimum atomic E-state index is 0.318. The third-order valence-corrected chi connectivity index (χ3v) is 5.72. The van der Waals surface area contributed by atoms with E-state index >= 15 is 0 Å². The Hall–Kier alpha value is -3.32. The topological polar surface area (TPSA) is 12.0 Å². The Kier molecular flexibility index (Phi) is 5.76. The second-order valence-electron chi connectivity index (χ2n) is 7.56. The van der Waals surface area contributed by atoms with Crippen molar-refractivity contribution in [3.8, 4) is 0 Å². The Labute approximate surface area is 174 Å². The van der Waals surface area contributed by atoms with E-state index in [-0.39, 0.29) is 0 Å². The van der Waals surface area contributed by atoms with Gasteiger partial charge in [-0.2, -0.15) is 0 Å². The van der Waals surface area contributed by atoms with Crippen molar-refractivity contribution in [3.63, 3.8) is 0 Å². The molecule has 0 aromatic heterocycles. The summed E-state index contributed by atoms with van der Waals surface area (Å²) in [7, 11) is 0. The van der Waals surface area contributed by atoms with E-state index in [1.807, 2.05) is 0 Å². The summed E-state index contributed by atoms with van der Waals surface area (Å²) in [6.07, 6.45) is 0. The van der Waals surface area contributed by atoms with Crippen molar-refractivity contribution in [2.24, 2.45) is 0 Å². The van der Waals surface area contributed by atoms with Gasteiger partial charge in [0.2, 0.25) is 0 Å². The van der Waals surface area contributed by atoms with Gasteiger partial charge in [-0.05, 0) is 34.4 Å². The molecule has 4 aromatic rings. The number of rotatable bonds is 6. The first-order valence-corrected chi connectivity index (χ1v) is 10.3. The van der Waals surface area contributed by atoms with Crippen LogP contribution in [0.2, 0.25) is 0 Å². The lowest BCUT2D eigenvalue weighted by Gasteiger charge is -2.22. The van der Waals surface area contributed by atoms with Gasteiger partial charge in [0.15, 0.2) is 0 Å². The van der Waals surface area contributed by atoms with Gasteiger partial charge in [-0.15, -0.1) is 0 Å². The lowest BCUT2D eigenvalue weighted by molar-refractivity contribution is 0.917. The highest BCUT2D eigenvalue weighted by atomic mass is 14.9. The summed E-state index contributed by atoms with van der Waals surface area (Å²) in [5, 5.41) is 3.74. The molecule has 0 heterocycles. The van der Waals surface area contributed by atoms with Gasteiger partial charge in [-0.1, -0.05) is 111 Å². The molecule has 2 atom stereocenters. The number of hydrogen-bond acceptors (Lipinski definition) is 1. The molecule has 1 N–H and O–H groups in total. The maximum absolute atomic E-state index is 3.74. The zero-order valence-corrected chi connectivity index (χ0v) is 17.0. The molecule has 144 valence electrons. The van der Waals surface area contributed by atoms with E-state index in [9.17, 15) is 0 Å². The highest BCUT2D eigenvalue weighted by Gasteiger charge is 2.16. The van der Waals surface area contributed by atoms with Crippen LogP contribution in [-0.4, -0.2) is 0 Å². The summed E-state index contributed by atoms with van der Waals surface area (Å²) < 4.78 is 0. The molecule has 0 radical (unpaired) electrons. The van der Waals surface area contributed by atoms with Gasteiger partial charge in [-0.3, -0.25) is 0 Å². The molecule has 0 spiro atoms. The Morgan fingerprint density at radius 3 is 1.21 bits per heavy atom. The van der Waals surface area contributed by atoms with Crippen LogP contribution in [-0.2, 0) is 0 Å². The first-order chi connectivity index (χ1) is 14.2. The normalized spacial score (nSPS) is 12.9. The third-order valence-electron chi connectivity index (χ3n) is 5.72. The first kappa shape index (κ1) is 19.0. The number of nitrogens with one attached hydrogen (secondary N) is 1. The van der Waals surface area contributed by atoms with E-state index < -0.39 is 0 Å². The van der Waals surface area contributed by atoms with E-state index in [1.165, 1.54) is 22.3 Å². The zero-order chi connectivity index (χ0) is 20.1. The number of anilines is 2. The number of benzene rings is 4. The molecule has 0 saturated carbocycles. The molecule has 1 nitrogen and oxygen atoms in total. The van der Waals surface area contributed by atoms with Gasteiger partial charge in [-0.25, -0.2) is 0 Å². The minimum absolute atomic E-state index is 0.318. The van der Waals surface area contributed by atoms with Crippen LogP contribution in [0.4, 0.5) is 11.4 Å². The van der Waals surface area contributed by atoms with Crippen LogP contribution < -0.4 is 5.32 Å². The fourth-order valence-electron chi connectivity index (χ4n) is 3.96. The molecular weight excluding hydrogens is 350 g/mol. The summed E-state index contributed by atoms with van der Waals surface area (Å²) in [5.74, 6) is 0.636. The quantitative estimate of drug-likeness (QED) is 0.362. The van der Waals surface area contributed by atoms with Crippen molar-refractivity contribution in [2.45, 2.75) is 25.7 Å². The average molecular weight is 378 g/mol. The van der Waals surface area contributed by atoms with Crippen LogP contribution in [0, 0.1) is 0 Å². The fourth-order valence-corrected chi connectivity index (χ4v) is 3.96. The Morgan fingerprint density at radius 2 is 0.793 bits per heavy atom. The molecule has 0 aliphatic rings. The van der Waals surface area contributed by atoms with E-state index in [1.54, 1.807) is 0 Å². The highest BCUT2D eigenvalue weighted by Crippen LogP contribution is 2.35. The largest absolute Gasteiger partial charge is 0.355 e. The van der Waals surface area contributed by atoms with Crippen LogP contribution in [0.15, 0.2) is 109 Å². The van der Waals surface area contributed by atoms with Crippen molar-refractivity contribution in [2.75, 3.05) is 5.32 Å². The van der Waals surface area contributed by atoms with E-state index in [2.05, 4.69) is 128 Å². The SMILES string of the molecule is CC(c1ccccc1)c1ccccc1Nc1ccccc1C(C)c1ccccc1. The van der Waals surface area contributed by atoms with Crippen LogP contribution in [0.3, 0.4) is 0 Å². The highest BCUT2D eigenvalue weighted by molar-refractivity contribution is 5.68. The second-order valence-corrected chi connectivity index (χ2v) is 7.56. The molecular formula is C28H27N. The third kappa shape index (κ3) is 4.25. The van der Waals surface area contributed by atoms with Gasteiger partial charge < -0.3 is 5.32 Å². The van der Waals surface area contributed by atoms with Crippen molar-refractivity contribution in [3.05, 3.63) is 131 Å². The maximum atomic E-state index is 3.74. The maximum Gasteiger partial charge on any atom is 0.0423 e. The lowest BCUT2D eigenvalue weighted by Crippen LogP contribution is -2.05. The van der Waals surface area contributed by atoms with Gasteiger partial charge in [0.05, 0.1) is 0 Å². The van der Waals surface area contributed by atoms with Crippen LogP contribution >= 0.6 is 0 Å². The molecule has 4 rings (SSSR count). The predicted molar refractivity (Wildman–Crippen MR) is 124 cm³/mol. The Bertz CT molecular complexity index is 967. The minimum Gasteiger partial charge on any atom is -0.355 e. The molecule has 0 fully saturated rings. The smallest absolute Gasteiger partial charge is 0.0423 e. The number of hydrogen-bond donors (Lipinski definition) is 1. The summed E-state index contributed by atoms with van der Waals surface area (Å²) >= 11 is 0. The lowest BCUT2D eigenvalue weighted by atomic mass is 9.90. The molecule has 0 aliphatic heterocycles. The fraction of sp³-hybridized carbons (Fsp3) is 0.143. The number of para-hydroxylation sites is 2. The van der Waals surface area contributed by atoms with Gasteiger partial charge >= 0.3 is 0 Å².